The maximum Gasteiger partial charge on any atom is 0.417 e. The minimum absolute atomic E-state index is 0.532. The van der Waals surface area contributed by atoms with Crippen LogP contribution in [0.3, 0.4) is 0 Å². The van der Waals surface area contributed by atoms with Crippen LogP contribution in [0.1, 0.15) is 15.9 Å². The van der Waals surface area contributed by atoms with Gasteiger partial charge in [0, 0.05) is 0 Å². The molecular weight excluding hydrogens is 197 g/mol. The van der Waals surface area contributed by atoms with E-state index < -0.39 is 23.3 Å². The van der Waals surface area contributed by atoms with Gasteiger partial charge in [-0.05, 0) is 12.1 Å². The van der Waals surface area contributed by atoms with Crippen LogP contribution >= 0.6 is 0 Å². The monoisotopic (exact) mass is 203 g/mol. The van der Waals surface area contributed by atoms with Crippen LogP contribution in [0.25, 0.3) is 0 Å². The molecule has 5 heteroatoms. The van der Waals surface area contributed by atoms with Crippen molar-refractivity contribution in [3.8, 4) is 0 Å². The molecule has 0 aliphatic carbocycles. The second kappa shape index (κ2) is 3.69. The van der Waals surface area contributed by atoms with Crippen molar-refractivity contribution in [3.63, 3.8) is 0 Å². The number of alkyl halides is 3. The maximum absolute atomic E-state index is 12.3. The molecule has 0 saturated carbocycles. The smallest absolute Gasteiger partial charge is 0.417 e. The van der Waals surface area contributed by atoms with Gasteiger partial charge in [0.2, 0.25) is 0 Å². The van der Waals surface area contributed by atoms with E-state index in [-0.39, 0.29) is 0 Å². The van der Waals surface area contributed by atoms with E-state index in [0.29, 0.717) is 0 Å². The van der Waals surface area contributed by atoms with Gasteiger partial charge in [-0.3, -0.25) is 0 Å². The highest BCUT2D eigenvalue weighted by Crippen LogP contribution is 2.31. The molecule has 0 heterocycles. The molecule has 1 aromatic rings. The average Bonchev–Trinajstić information content (AvgIpc) is 2.15. The first kappa shape index (κ1) is 10.6. The fourth-order valence-electron chi connectivity index (χ4n) is 0.986. The highest BCUT2D eigenvalue weighted by atomic mass is 19.4. The molecule has 0 aliphatic rings. The molecule has 0 saturated heterocycles. The molecule has 2 nitrogen and oxygen atoms in total. The van der Waals surface area contributed by atoms with Gasteiger partial charge in [0.05, 0.1) is 11.1 Å². The lowest BCUT2D eigenvalue weighted by Gasteiger charge is -2.10. The molecule has 0 atom stereocenters. The predicted molar refractivity (Wildman–Crippen MR) is 42.2 cm³/mol. The molecule has 0 N–H and O–H groups in total. The maximum atomic E-state index is 12.3. The Morgan fingerprint density at radius 1 is 1.29 bits per heavy atom. The highest BCUT2D eigenvalue weighted by Gasteiger charge is 2.35. The van der Waals surface area contributed by atoms with E-state index >= 15 is 0 Å². The van der Waals surface area contributed by atoms with Crippen molar-refractivity contribution in [2.75, 3.05) is 0 Å². The Bertz CT molecular complexity index is 344. The van der Waals surface area contributed by atoms with Gasteiger partial charge in [0.1, 0.15) is 7.11 Å². The van der Waals surface area contributed by atoms with Crippen LogP contribution in [-0.4, -0.2) is 5.97 Å². The quantitative estimate of drug-likeness (QED) is 0.656. The summed E-state index contributed by atoms with van der Waals surface area (Å²) in [5.74, 6) is -1.10. The van der Waals surface area contributed by atoms with Gasteiger partial charge in [0.15, 0.2) is 0 Å². The summed E-state index contributed by atoms with van der Waals surface area (Å²) in [6.07, 6.45) is -4.56. The number of esters is 1. The van der Waals surface area contributed by atoms with Crippen molar-refractivity contribution in [1.29, 1.82) is 0 Å². The molecule has 1 radical (unpaired) electrons. The van der Waals surface area contributed by atoms with E-state index in [1.54, 1.807) is 0 Å². The molecule has 0 aliphatic heterocycles. The van der Waals surface area contributed by atoms with Crippen LogP contribution in [-0.2, 0) is 10.9 Å². The van der Waals surface area contributed by atoms with E-state index in [1.165, 1.54) is 12.1 Å². The zero-order valence-electron chi connectivity index (χ0n) is 6.97. The van der Waals surface area contributed by atoms with Crippen LogP contribution in [0.5, 0.6) is 0 Å². The van der Waals surface area contributed by atoms with E-state index in [0.717, 1.165) is 12.1 Å². The molecule has 0 aromatic heterocycles. The Balaban J connectivity index is 3.23. The number of hydrogen-bond acceptors (Lipinski definition) is 2. The standard InChI is InChI=1S/C9H6F3O2/c1-14-8(13)6-4-2-3-5-7(6)9(10,11)12/h2-5H,1H2. The van der Waals surface area contributed by atoms with Gasteiger partial charge in [-0.1, -0.05) is 12.1 Å². The zero-order chi connectivity index (χ0) is 10.8. The summed E-state index contributed by atoms with van der Waals surface area (Å²) >= 11 is 0. The first-order valence-electron chi connectivity index (χ1n) is 3.59. The number of ether oxygens (including phenoxy) is 1. The number of halogens is 3. The van der Waals surface area contributed by atoms with Gasteiger partial charge in [-0.2, -0.15) is 13.2 Å². The second-order valence-corrected chi connectivity index (χ2v) is 2.48. The molecular formula is C9H6F3O2. The third-order valence-corrected chi connectivity index (χ3v) is 1.58. The molecule has 0 fully saturated rings. The lowest BCUT2D eigenvalue weighted by molar-refractivity contribution is -0.138. The fraction of sp³-hybridized carbons (Fsp3) is 0.111. The van der Waals surface area contributed by atoms with Crippen molar-refractivity contribution >= 4 is 5.97 Å². The zero-order valence-corrected chi connectivity index (χ0v) is 6.97. The van der Waals surface area contributed by atoms with Crippen LogP contribution < -0.4 is 0 Å². The Labute approximate surface area is 78.3 Å². The Kier molecular flexibility index (Phi) is 2.78. The van der Waals surface area contributed by atoms with Gasteiger partial charge in [-0.25, -0.2) is 4.79 Å². The predicted octanol–water partition coefficient (Wildman–Crippen LogP) is 2.65. The van der Waals surface area contributed by atoms with Crippen LogP contribution in [0.15, 0.2) is 24.3 Å². The van der Waals surface area contributed by atoms with Crippen molar-refractivity contribution in [1.82, 2.24) is 0 Å². The second-order valence-electron chi connectivity index (χ2n) is 2.48. The Morgan fingerprint density at radius 3 is 2.36 bits per heavy atom. The third-order valence-electron chi connectivity index (χ3n) is 1.58. The summed E-state index contributed by atoms with van der Waals surface area (Å²) < 4.78 is 40.9. The summed E-state index contributed by atoms with van der Waals surface area (Å²) in [7, 11) is 2.77. The van der Waals surface area contributed by atoms with Crippen LogP contribution in [0, 0.1) is 7.11 Å². The molecule has 1 rings (SSSR count). The normalized spacial score (nSPS) is 11.1. The highest BCUT2D eigenvalue weighted by molar-refractivity contribution is 5.91. The minimum atomic E-state index is -4.56. The molecule has 0 spiro atoms. The molecule has 75 valence electrons. The third kappa shape index (κ3) is 2.04. The van der Waals surface area contributed by atoms with Crippen molar-refractivity contribution in [2.45, 2.75) is 6.18 Å². The van der Waals surface area contributed by atoms with Crippen LogP contribution in [0.2, 0.25) is 0 Å². The van der Waals surface area contributed by atoms with E-state index in [2.05, 4.69) is 11.8 Å². The Hall–Kier alpha value is -1.52. The molecule has 0 bridgehead atoms. The van der Waals surface area contributed by atoms with E-state index in [4.69, 9.17) is 0 Å². The van der Waals surface area contributed by atoms with E-state index in [9.17, 15) is 18.0 Å². The van der Waals surface area contributed by atoms with E-state index in [1.807, 2.05) is 0 Å². The SMILES string of the molecule is [CH2]OC(=O)c1ccccc1C(F)(F)F. The first-order valence-corrected chi connectivity index (χ1v) is 3.59. The minimum Gasteiger partial charge on any atom is -0.458 e. The molecule has 14 heavy (non-hydrogen) atoms. The number of carbonyl (C=O) groups is 1. The summed E-state index contributed by atoms with van der Waals surface area (Å²) in [5.41, 5.74) is -1.55. The molecule has 1 aromatic carbocycles. The lowest BCUT2D eigenvalue weighted by Crippen LogP contribution is -2.13. The summed E-state index contributed by atoms with van der Waals surface area (Å²) in [6.45, 7) is 0. The molecule has 0 amide bonds. The first-order chi connectivity index (χ1) is 6.46. The number of rotatable bonds is 1. The molecule has 0 unspecified atom stereocenters. The number of benzene rings is 1. The van der Waals surface area contributed by atoms with Gasteiger partial charge in [0.25, 0.3) is 0 Å². The van der Waals surface area contributed by atoms with Crippen LogP contribution in [0.4, 0.5) is 13.2 Å². The number of hydrogen-bond donors (Lipinski definition) is 0. The number of carbonyl (C=O) groups excluding carboxylic acids is 1. The fourth-order valence-corrected chi connectivity index (χ4v) is 0.986. The average molecular weight is 203 g/mol. The largest absolute Gasteiger partial charge is 0.458 e. The van der Waals surface area contributed by atoms with Crippen molar-refractivity contribution in [3.05, 3.63) is 42.5 Å². The van der Waals surface area contributed by atoms with Crippen molar-refractivity contribution in [2.24, 2.45) is 0 Å². The van der Waals surface area contributed by atoms with Crippen molar-refractivity contribution < 1.29 is 22.7 Å². The van der Waals surface area contributed by atoms with Gasteiger partial charge in [-0.15, -0.1) is 0 Å². The lowest BCUT2D eigenvalue weighted by atomic mass is 10.1. The topological polar surface area (TPSA) is 26.3 Å². The summed E-state index contributed by atoms with van der Waals surface area (Å²) in [6, 6.07) is 4.37. The Morgan fingerprint density at radius 2 is 1.86 bits per heavy atom. The van der Waals surface area contributed by atoms with Gasteiger partial charge < -0.3 is 4.74 Å². The summed E-state index contributed by atoms with van der Waals surface area (Å²) in [4.78, 5) is 10.9. The van der Waals surface area contributed by atoms with Gasteiger partial charge >= 0.3 is 12.1 Å². The summed E-state index contributed by atoms with van der Waals surface area (Å²) in [5, 5.41) is 0.